The monoisotopic (exact) mass is 319 g/mol. The van der Waals surface area contributed by atoms with E-state index in [-0.39, 0.29) is 23.5 Å². The van der Waals surface area contributed by atoms with E-state index >= 15 is 0 Å². The van der Waals surface area contributed by atoms with Crippen LogP contribution < -0.4 is 16.6 Å². The third-order valence-electron chi connectivity index (χ3n) is 3.79. The number of benzene rings is 1. The Labute approximate surface area is 134 Å². The number of hydrogen-bond acceptors (Lipinski definition) is 3. The summed E-state index contributed by atoms with van der Waals surface area (Å²) < 4.78 is 0. The fourth-order valence-corrected chi connectivity index (χ4v) is 2.64. The van der Waals surface area contributed by atoms with Gasteiger partial charge < -0.3 is 16.0 Å². The lowest BCUT2D eigenvalue weighted by atomic mass is 9.95. The highest BCUT2D eigenvalue weighted by Crippen LogP contribution is 2.20. The Bertz CT molecular complexity index is 755. The molecule has 1 amide bonds. The van der Waals surface area contributed by atoms with Gasteiger partial charge in [-0.1, -0.05) is 12.1 Å². The molecular weight excluding hydrogens is 302 g/mol. The van der Waals surface area contributed by atoms with Gasteiger partial charge in [-0.05, 0) is 49.4 Å². The molecule has 22 heavy (non-hydrogen) atoms. The maximum absolute atomic E-state index is 12.3. The quantitative estimate of drug-likeness (QED) is 0.743. The van der Waals surface area contributed by atoms with Crippen LogP contribution in [0.3, 0.4) is 0 Å². The number of H-pyrrole nitrogens is 1. The maximum atomic E-state index is 12.3. The lowest BCUT2D eigenvalue weighted by Crippen LogP contribution is -2.26. The highest BCUT2D eigenvalue weighted by Gasteiger charge is 2.17. The van der Waals surface area contributed by atoms with Gasteiger partial charge in [-0.15, -0.1) is 12.4 Å². The van der Waals surface area contributed by atoms with Gasteiger partial charge in [0.05, 0.1) is 11.4 Å². The zero-order valence-electron chi connectivity index (χ0n) is 12.0. The van der Waals surface area contributed by atoms with E-state index in [1.165, 1.54) is 0 Å². The summed E-state index contributed by atoms with van der Waals surface area (Å²) in [5.41, 5.74) is 8.60. The third-order valence-corrected chi connectivity index (χ3v) is 3.79. The van der Waals surface area contributed by atoms with Crippen molar-refractivity contribution in [3.8, 4) is 0 Å². The number of anilines is 2. The number of aryl methyl sites for hydroxylation is 2. The van der Waals surface area contributed by atoms with Gasteiger partial charge in [0, 0.05) is 5.69 Å². The molecule has 1 aromatic heterocycles. The van der Waals surface area contributed by atoms with Crippen molar-refractivity contribution in [3.63, 3.8) is 0 Å². The molecule has 5 nitrogen and oxygen atoms in total. The summed E-state index contributed by atoms with van der Waals surface area (Å²) in [6, 6.07) is 8.69. The summed E-state index contributed by atoms with van der Waals surface area (Å²) in [6.45, 7) is 0. The number of nitrogens with two attached hydrogens (primary N) is 1. The fraction of sp³-hybridized carbons (Fsp3) is 0.250. The van der Waals surface area contributed by atoms with E-state index in [2.05, 4.69) is 10.3 Å². The number of aromatic amines is 1. The van der Waals surface area contributed by atoms with Gasteiger partial charge in [-0.25, -0.2) is 0 Å². The SMILES string of the molecule is Cl.Nc1ccccc1NC(=O)c1cc2c([nH]c1=O)CCCC2. The first kappa shape index (κ1) is 16.1. The Kier molecular flexibility index (Phi) is 4.88. The first-order valence-electron chi connectivity index (χ1n) is 7.06. The smallest absolute Gasteiger partial charge is 0.261 e. The molecule has 1 aliphatic rings. The number of fused-ring (bicyclic) bond motifs is 1. The van der Waals surface area contributed by atoms with Gasteiger partial charge >= 0.3 is 0 Å². The van der Waals surface area contributed by atoms with Gasteiger partial charge in [0.2, 0.25) is 0 Å². The summed E-state index contributed by atoms with van der Waals surface area (Å²) in [6.07, 6.45) is 3.94. The first-order valence-corrected chi connectivity index (χ1v) is 7.06. The topological polar surface area (TPSA) is 88.0 Å². The lowest BCUT2D eigenvalue weighted by Gasteiger charge is -2.16. The zero-order chi connectivity index (χ0) is 14.8. The molecule has 1 aromatic carbocycles. The predicted molar refractivity (Wildman–Crippen MR) is 89.8 cm³/mol. The van der Waals surface area contributed by atoms with Crippen LogP contribution in [0.15, 0.2) is 35.1 Å². The minimum atomic E-state index is -0.428. The third kappa shape index (κ3) is 3.14. The molecule has 0 spiro atoms. The summed E-state index contributed by atoms with van der Waals surface area (Å²) in [4.78, 5) is 27.2. The van der Waals surface area contributed by atoms with Gasteiger partial charge in [0.25, 0.3) is 11.5 Å². The van der Waals surface area contributed by atoms with Crippen LogP contribution in [0.1, 0.15) is 34.5 Å². The van der Waals surface area contributed by atoms with Crippen LogP contribution in [0.2, 0.25) is 0 Å². The maximum Gasteiger partial charge on any atom is 0.261 e. The van der Waals surface area contributed by atoms with Gasteiger partial charge in [0.1, 0.15) is 5.56 Å². The molecule has 0 atom stereocenters. The van der Waals surface area contributed by atoms with Crippen LogP contribution in [0.25, 0.3) is 0 Å². The van der Waals surface area contributed by atoms with E-state index < -0.39 is 5.91 Å². The number of pyridine rings is 1. The number of halogens is 1. The second-order valence-corrected chi connectivity index (χ2v) is 5.26. The van der Waals surface area contributed by atoms with Gasteiger partial charge in [-0.2, -0.15) is 0 Å². The number of nitrogens with one attached hydrogen (secondary N) is 2. The van der Waals surface area contributed by atoms with Crippen molar-refractivity contribution in [1.29, 1.82) is 0 Å². The minimum Gasteiger partial charge on any atom is -0.397 e. The van der Waals surface area contributed by atoms with Crippen LogP contribution in [0, 0.1) is 0 Å². The number of carbonyl (C=O) groups excluding carboxylic acids is 1. The number of rotatable bonds is 2. The van der Waals surface area contributed by atoms with Crippen molar-refractivity contribution in [2.24, 2.45) is 0 Å². The number of aromatic nitrogens is 1. The molecule has 0 unspecified atom stereocenters. The average Bonchev–Trinajstić information content (AvgIpc) is 2.49. The van der Waals surface area contributed by atoms with Crippen LogP contribution in [0.5, 0.6) is 0 Å². The fourth-order valence-electron chi connectivity index (χ4n) is 2.64. The van der Waals surface area contributed by atoms with E-state index in [0.717, 1.165) is 36.9 Å². The molecule has 0 saturated carbocycles. The van der Waals surface area contributed by atoms with Crippen molar-refractivity contribution >= 4 is 29.7 Å². The summed E-state index contributed by atoms with van der Waals surface area (Å²) in [5, 5.41) is 2.69. The first-order chi connectivity index (χ1) is 10.1. The normalized spacial score (nSPS) is 12.9. The molecule has 0 fully saturated rings. The lowest BCUT2D eigenvalue weighted by molar-refractivity contribution is 0.102. The second kappa shape index (κ2) is 6.66. The second-order valence-electron chi connectivity index (χ2n) is 5.26. The molecule has 1 aliphatic carbocycles. The van der Waals surface area contributed by atoms with Crippen LogP contribution in [-0.2, 0) is 12.8 Å². The Morgan fingerprint density at radius 1 is 1.18 bits per heavy atom. The number of carbonyl (C=O) groups is 1. The number of amides is 1. The molecule has 1 heterocycles. The molecule has 0 radical (unpaired) electrons. The van der Waals surface area contributed by atoms with Crippen molar-refractivity contribution < 1.29 is 4.79 Å². The van der Waals surface area contributed by atoms with E-state index in [0.29, 0.717) is 11.4 Å². The Morgan fingerprint density at radius 2 is 1.91 bits per heavy atom. The number of hydrogen-bond donors (Lipinski definition) is 3. The molecule has 3 rings (SSSR count). The zero-order valence-corrected chi connectivity index (χ0v) is 12.8. The van der Waals surface area contributed by atoms with Gasteiger partial charge in [0.15, 0.2) is 0 Å². The highest BCUT2D eigenvalue weighted by molar-refractivity contribution is 6.05. The van der Waals surface area contributed by atoms with E-state index in [4.69, 9.17) is 5.73 Å². The largest absolute Gasteiger partial charge is 0.397 e. The van der Waals surface area contributed by atoms with Crippen LogP contribution in [0.4, 0.5) is 11.4 Å². The van der Waals surface area contributed by atoms with Crippen molar-refractivity contribution in [2.75, 3.05) is 11.1 Å². The van der Waals surface area contributed by atoms with Crippen LogP contribution >= 0.6 is 12.4 Å². The summed E-state index contributed by atoms with van der Waals surface area (Å²) in [5.74, 6) is -0.428. The van der Waals surface area contributed by atoms with E-state index in [1.54, 1.807) is 30.3 Å². The molecule has 6 heteroatoms. The Morgan fingerprint density at radius 3 is 2.68 bits per heavy atom. The molecular formula is C16H18ClN3O2. The number of para-hydroxylation sites is 2. The molecule has 0 aliphatic heterocycles. The predicted octanol–water partition coefficient (Wildman–Crippen LogP) is 2.51. The van der Waals surface area contributed by atoms with Gasteiger partial charge in [-0.3, -0.25) is 9.59 Å². The number of nitrogen functional groups attached to an aromatic ring is 1. The standard InChI is InChI=1S/C16H17N3O2.ClH/c17-12-6-2-4-8-14(12)19-16(21)11-9-10-5-1-3-7-13(10)18-15(11)20;/h2,4,6,8-9H,1,3,5,7,17H2,(H,18,20)(H,19,21);1H. The van der Waals surface area contributed by atoms with E-state index in [9.17, 15) is 9.59 Å². The molecule has 2 aromatic rings. The Balaban J connectivity index is 0.00000176. The molecule has 0 saturated heterocycles. The van der Waals surface area contributed by atoms with Crippen molar-refractivity contribution in [1.82, 2.24) is 4.98 Å². The van der Waals surface area contributed by atoms with Crippen LogP contribution in [-0.4, -0.2) is 10.9 Å². The Hall–Kier alpha value is -2.27. The molecule has 116 valence electrons. The summed E-state index contributed by atoms with van der Waals surface area (Å²) in [7, 11) is 0. The van der Waals surface area contributed by atoms with Crippen molar-refractivity contribution in [2.45, 2.75) is 25.7 Å². The average molecular weight is 320 g/mol. The molecule has 0 bridgehead atoms. The minimum absolute atomic E-state index is 0. The molecule has 4 N–H and O–H groups in total. The highest BCUT2D eigenvalue weighted by atomic mass is 35.5. The van der Waals surface area contributed by atoms with Crippen molar-refractivity contribution in [3.05, 3.63) is 57.5 Å². The summed E-state index contributed by atoms with van der Waals surface area (Å²) >= 11 is 0. The van der Waals surface area contributed by atoms with E-state index in [1.807, 2.05) is 0 Å².